The van der Waals surface area contributed by atoms with Gasteiger partial charge in [-0.25, -0.2) is 4.98 Å². The molecule has 88 valence electrons. The van der Waals surface area contributed by atoms with Gasteiger partial charge in [0.25, 0.3) is 0 Å². The SMILES string of the molecule is CC(C)c1cnc2c(c1)CC(C(C)(C)C)N2. The first-order valence-corrected chi connectivity index (χ1v) is 6.13. The molecule has 1 N–H and O–H groups in total. The van der Waals surface area contributed by atoms with Crippen LogP contribution in [0.2, 0.25) is 0 Å². The summed E-state index contributed by atoms with van der Waals surface area (Å²) in [5.41, 5.74) is 3.01. The molecule has 1 aliphatic rings. The van der Waals surface area contributed by atoms with Gasteiger partial charge in [0, 0.05) is 12.2 Å². The number of hydrogen-bond acceptors (Lipinski definition) is 2. The summed E-state index contributed by atoms with van der Waals surface area (Å²) in [5, 5.41) is 3.53. The summed E-state index contributed by atoms with van der Waals surface area (Å²) in [4.78, 5) is 4.53. The van der Waals surface area contributed by atoms with Gasteiger partial charge in [-0.15, -0.1) is 0 Å². The summed E-state index contributed by atoms with van der Waals surface area (Å²) < 4.78 is 0. The first-order chi connectivity index (χ1) is 7.38. The highest BCUT2D eigenvalue weighted by molar-refractivity contribution is 5.52. The Morgan fingerprint density at radius 3 is 2.62 bits per heavy atom. The number of nitrogens with zero attached hydrogens (tertiary/aromatic N) is 1. The summed E-state index contributed by atoms with van der Waals surface area (Å²) in [6.07, 6.45) is 3.11. The number of anilines is 1. The molecule has 1 aliphatic heterocycles. The maximum atomic E-state index is 4.53. The second kappa shape index (κ2) is 3.76. The van der Waals surface area contributed by atoms with Crippen molar-refractivity contribution >= 4 is 5.82 Å². The highest BCUT2D eigenvalue weighted by atomic mass is 15.1. The number of rotatable bonds is 1. The maximum absolute atomic E-state index is 4.53. The lowest BCUT2D eigenvalue weighted by Crippen LogP contribution is -2.31. The van der Waals surface area contributed by atoms with Crippen molar-refractivity contribution in [2.24, 2.45) is 5.41 Å². The standard InChI is InChI=1S/C14H22N2/c1-9(2)11-6-10-7-12(14(3,4)5)16-13(10)15-8-11/h6,8-9,12H,7H2,1-5H3,(H,15,16). The molecule has 2 heteroatoms. The van der Waals surface area contributed by atoms with Gasteiger partial charge in [0.15, 0.2) is 0 Å². The monoisotopic (exact) mass is 218 g/mol. The predicted octanol–water partition coefficient (Wildman–Crippen LogP) is 3.59. The number of fused-ring (bicyclic) bond motifs is 1. The van der Waals surface area contributed by atoms with Crippen molar-refractivity contribution in [1.29, 1.82) is 0 Å². The molecule has 0 bridgehead atoms. The van der Waals surface area contributed by atoms with Crippen LogP contribution in [0.4, 0.5) is 5.82 Å². The molecule has 1 aromatic heterocycles. The van der Waals surface area contributed by atoms with Crippen molar-refractivity contribution in [3.05, 3.63) is 23.4 Å². The fraction of sp³-hybridized carbons (Fsp3) is 0.643. The number of pyridine rings is 1. The molecule has 0 fully saturated rings. The van der Waals surface area contributed by atoms with E-state index in [9.17, 15) is 0 Å². The Balaban J connectivity index is 2.25. The third kappa shape index (κ3) is 2.06. The summed E-state index contributed by atoms with van der Waals surface area (Å²) in [6, 6.07) is 2.82. The van der Waals surface area contributed by atoms with E-state index >= 15 is 0 Å². The van der Waals surface area contributed by atoms with Crippen molar-refractivity contribution < 1.29 is 0 Å². The second-order valence-electron chi connectivity index (χ2n) is 6.20. The van der Waals surface area contributed by atoms with E-state index in [1.807, 2.05) is 6.20 Å². The quantitative estimate of drug-likeness (QED) is 0.779. The zero-order valence-corrected chi connectivity index (χ0v) is 11.0. The predicted molar refractivity (Wildman–Crippen MR) is 68.9 cm³/mol. The Bertz CT molecular complexity index is 388. The van der Waals surface area contributed by atoms with E-state index in [0.717, 1.165) is 12.2 Å². The molecule has 2 heterocycles. The smallest absolute Gasteiger partial charge is 0.129 e. The van der Waals surface area contributed by atoms with E-state index in [2.05, 4.69) is 51.0 Å². The van der Waals surface area contributed by atoms with Gasteiger partial charge in [-0.1, -0.05) is 40.7 Å². The van der Waals surface area contributed by atoms with Crippen LogP contribution in [0.5, 0.6) is 0 Å². The van der Waals surface area contributed by atoms with Crippen LogP contribution in [-0.2, 0) is 6.42 Å². The molecule has 0 aliphatic carbocycles. The highest BCUT2D eigenvalue weighted by Gasteiger charge is 2.31. The van der Waals surface area contributed by atoms with Crippen molar-refractivity contribution in [1.82, 2.24) is 4.98 Å². The molecule has 1 aromatic rings. The highest BCUT2D eigenvalue weighted by Crippen LogP contribution is 2.34. The van der Waals surface area contributed by atoms with Crippen molar-refractivity contribution in [2.45, 2.75) is 53.0 Å². The van der Waals surface area contributed by atoms with Gasteiger partial charge in [-0.05, 0) is 28.9 Å². The van der Waals surface area contributed by atoms with Crippen LogP contribution in [0.15, 0.2) is 12.3 Å². The number of hydrogen-bond donors (Lipinski definition) is 1. The topological polar surface area (TPSA) is 24.9 Å². The molecule has 1 atom stereocenters. The summed E-state index contributed by atoms with van der Waals surface area (Å²) in [6.45, 7) is 11.3. The Morgan fingerprint density at radius 2 is 2.06 bits per heavy atom. The average molecular weight is 218 g/mol. The minimum absolute atomic E-state index is 0.290. The Morgan fingerprint density at radius 1 is 1.38 bits per heavy atom. The molecule has 0 amide bonds. The third-order valence-corrected chi connectivity index (χ3v) is 3.43. The van der Waals surface area contributed by atoms with Crippen LogP contribution in [-0.4, -0.2) is 11.0 Å². The minimum atomic E-state index is 0.290. The number of nitrogens with one attached hydrogen (secondary N) is 1. The fourth-order valence-corrected chi connectivity index (χ4v) is 2.09. The van der Waals surface area contributed by atoms with E-state index < -0.39 is 0 Å². The molecule has 1 unspecified atom stereocenters. The summed E-state index contributed by atoms with van der Waals surface area (Å²) in [5.74, 6) is 1.65. The molecule has 2 nitrogen and oxygen atoms in total. The zero-order valence-electron chi connectivity index (χ0n) is 11.0. The molecule has 0 spiro atoms. The van der Waals surface area contributed by atoms with Crippen LogP contribution < -0.4 is 5.32 Å². The van der Waals surface area contributed by atoms with Crippen LogP contribution in [0.1, 0.15) is 51.7 Å². The van der Waals surface area contributed by atoms with Crippen LogP contribution in [0, 0.1) is 5.41 Å². The Labute approximate surface area is 98.5 Å². The first kappa shape index (κ1) is 11.4. The Hall–Kier alpha value is -1.05. The van der Waals surface area contributed by atoms with Gasteiger partial charge < -0.3 is 5.32 Å². The molecule has 16 heavy (non-hydrogen) atoms. The van der Waals surface area contributed by atoms with E-state index in [1.54, 1.807) is 0 Å². The first-order valence-electron chi connectivity index (χ1n) is 6.13. The lowest BCUT2D eigenvalue weighted by molar-refractivity contribution is 0.347. The molecule has 0 aromatic carbocycles. The second-order valence-corrected chi connectivity index (χ2v) is 6.20. The molecular weight excluding hydrogens is 196 g/mol. The molecule has 0 radical (unpaired) electrons. The fourth-order valence-electron chi connectivity index (χ4n) is 2.09. The van der Waals surface area contributed by atoms with Crippen LogP contribution >= 0.6 is 0 Å². The van der Waals surface area contributed by atoms with Crippen molar-refractivity contribution in [2.75, 3.05) is 5.32 Å². The number of aromatic nitrogens is 1. The molecule has 0 saturated heterocycles. The van der Waals surface area contributed by atoms with Gasteiger partial charge in [-0.3, -0.25) is 0 Å². The van der Waals surface area contributed by atoms with Crippen LogP contribution in [0.3, 0.4) is 0 Å². The van der Waals surface area contributed by atoms with Crippen molar-refractivity contribution in [3.8, 4) is 0 Å². The normalized spacial score (nSPS) is 19.8. The Kier molecular flexibility index (Phi) is 2.69. The van der Waals surface area contributed by atoms with E-state index in [1.165, 1.54) is 11.1 Å². The van der Waals surface area contributed by atoms with Crippen molar-refractivity contribution in [3.63, 3.8) is 0 Å². The largest absolute Gasteiger partial charge is 0.366 e. The summed E-state index contributed by atoms with van der Waals surface area (Å²) in [7, 11) is 0. The third-order valence-electron chi connectivity index (χ3n) is 3.43. The van der Waals surface area contributed by atoms with Crippen LogP contribution in [0.25, 0.3) is 0 Å². The average Bonchev–Trinajstić information content (AvgIpc) is 2.58. The van der Waals surface area contributed by atoms with Gasteiger partial charge in [0.2, 0.25) is 0 Å². The van der Waals surface area contributed by atoms with Gasteiger partial charge >= 0.3 is 0 Å². The van der Waals surface area contributed by atoms with E-state index in [-0.39, 0.29) is 0 Å². The summed E-state index contributed by atoms with van der Waals surface area (Å²) >= 11 is 0. The molecule has 2 rings (SSSR count). The lowest BCUT2D eigenvalue weighted by Gasteiger charge is -2.26. The molecular formula is C14H22N2. The molecule has 0 saturated carbocycles. The zero-order chi connectivity index (χ0) is 11.9. The lowest BCUT2D eigenvalue weighted by atomic mass is 9.85. The van der Waals surface area contributed by atoms with E-state index in [0.29, 0.717) is 17.4 Å². The van der Waals surface area contributed by atoms with Gasteiger partial charge in [0.1, 0.15) is 5.82 Å². The van der Waals surface area contributed by atoms with Gasteiger partial charge in [-0.2, -0.15) is 0 Å². The van der Waals surface area contributed by atoms with E-state index in [4.69, 9.17) is 0 Å². The maximum Gasteiger partial charge on any atom is 0.129 e. The minimum Gasteiger partial charge on any atom is -0.366 e. The van der Waals surface area contributed by atoms with Gasteiger partial charge in [0.05, 0.1) is 0 Å².